The van der Waals surface area contributed by atoms with E-state index in [2.05, 4.69) is 15.4 Å². The zero-order valence-electron chi connectivity index (χ0n) is 12.0. The summed E-state index contributed by atoms with van der Waals surface area (Å²) in [4.78, 5) is 16.4. The van der Waals surface area contributed by atoms with Crippen molar-refractivity contribution in [1.29, 1.82) is 0 Å². The zero-order valence-corrected chi connectivity index (χ0v) is 12.9. The second-order valence-electron chi connectivity index (χ2n) is 5.19. The van der Waals surface area contributed by atoms with Crippen LogP contribution in [0.15, 0.2) is 29.4 Å². The molecule has 3 rings (SSSR count). The molecule has 6 heteroatoms. The van der Waals surface area contributed by atoms with Gasteiger partial charge in [0.25, 0.3) is 0 Å². The van der Waals surface area contributed by atoms with Gasteiger partial charge in [-0.05, 0) is 48.6 Å². The summed E-state index contributed by atoms with van der Waals surface area (Å²) < 4.78 is 4.00. The molecule has 21 heavy (non-hydrogen) atoms. The van der Waals surface area contributed by atoms with Gasteiger partial charge in [-0.15, -0.1) is 0 Å². The molecule has 0 amide bonds. The van der Waals surface area contributed by atoms with Crippen LogP contribution in [0, 0.1) is 6.92 Å². The third-order valence-electron chi connectivity index (χ3n) is 3.92. The van der Waals surface area contributed by atoms with Gasteiger partial charge in [0.05, 0.1) is 0 Å². The van der Waals surface area contributed by atoms with E-state index >= 15 is 0 Å². The van der Waals surface area contributed by atoms with Gasteiger partial charge < -0.3 is 9.67 Å². The van der Waals surface area contributed by atoms with E-state index in [9.17, 15) is 9.90 Å². The molecule has 0 radical (unpaired) electrons. The maximum absolute atomic E-state index is 11.2. The van der Waals surface area contributed by atoms with Crippen LogP contribution in [0.5, 0.6) is 0 Å². The minimum absolute atomic E-state index is 0.330. The molecule has 0 bridgehead atoms. The van der Waals surface area contributed by atoms with E-state index in [1.54, 1.807) is 29.6 Å². The van der Waals surface area contributed by atoms with Gasteiger partial charge in [-0.2, -0.15) is 0 Å². The Morgan fingerprint density at radius 3 is 2.95 bits per heavy atom. The van der Waals surface area contributed by atoms with Gasteiger partial charge in [0, 0.05) is 43.1 Å². The minimum Gasteiger partial charge on any atom is -0.477 e. The second-order valence-corrected chi connectivity index (χ2v) is 6.33. The van der Waals surface area contributed by atoms with Crippen molar-refractivity contribution >= 4 is 17.9 Å². The first-order valence-electron chi connectivity index (χ1n) is 6.80. The van der Waals surface area contributed by atoms with Crippen LogP contribution in [0.3, 0.4) is 0 Å². The molecule has 0 unspecified atom stereocenters. The Hall–Kier alpha value is -1.79. The van der Waals surface area contributed by atoms with Gasteiger partial charge in [-0.1, -0.05) is 0 Å². The summed E-state index contributed by atoms with van der Waals surface area (Å²) in [6.45, 7) is 3.76. The number of carboxylic acid groups (broad SMARTS) is 1. The molecular formula is C15H17N3O2S. The SMILES string of the molecule is Cc1c(SN2CCc3cnccc3C2)cc(C(=O)O)n1C. The lowest BCUT2D eigenvalue weighted by Gasteiger charge is -2.27. The first-order chi connectivity index (χ1) is 10.1. The molecule has 1 aliphatic rings. The number of fused-ring (bicyclic) bond motifs is 1. The monoisotopic (exact) mass is 303 g/mol. The van der Waals surface area contributed by atoms with Gasteiger partial charge in [-0.25, -0.2) is 9.10 Å². The summed E-state index contributed by atoms with van der Waals surface area (Å²) in [7, 11) is 1.79. The van der Waals surface area contributed by atoms with Gasteiger partial charge in [0.1, 0.15) is 5.69 Å². The number of hydrogen-bond donors (Lipinski definition) is 1. The van der Waals surface area contributed by atoms with E-state index in [0.29, 0.717) is 5.69 Å². The minimum atomic E-state index is -0.887. The summed E-state index contributed by atoms with van der Waals surface area (Å²) in [6, 6.07) is 3.81. The highest BCUT2D eigenvalue weighted by atomic mass is 32.2. The van der Waals surface area contributed by atoms with Crippen LogP contribution >= 0.6 is 11.9 Å². The summed E-state index contributed by atoms with van der Waals surface area (Å²) in [5, 5.41) is 9.19. The number of hydrogen-bond acceptors (Lipinski definition) is 4. The molecule has 0 aromatic carbocycles. The molecule has 5 nitrogen and oxygen atoms in total. The fourth-order valence-electron chi connectivity index (χ4n) is 2.54. The van der Waals surface area contributed by atoms with Crippen LogP contribution in [0.2, 0.25) is 0 Å². The average molecular weight is 303 g/mol. The van der Waals surface area contributed by atoms with E-state index in [0.717, 1.165) is 30.1 Å². The quantitative estimate of drug-likeness (QED) is 0.883. The molecule has 0 saturated heterocycles. The van der Waals surface area contributed by atoms with Crippen LogP contribution in [0.25, 0.3) is 0 Å². The van der Waals surface area contributed by atoms with Crippen LogP contribution in [0.1, 0.15) is 27.3 Å². The average Bonchev–Trinajstić information content (AvgIpc) is 2.76. The van der Waals surface area contributed by atoms with Crippen molar-refractivity contribution < 1.29 is 9.90 Å². The number of nitrogens with zero attached hydrogens (tertiary/aromatic N) is 3. The van der Waals surface area contributed by atoms with Crippen molar-refractivity contribution in [1.82, 2.24) is 13.9 Å². The van der Waals surface area contributed by atoms with E-state index in [1.165, 1.54) is 11.1 Å². The molecule has 110 valence electrons. The topological polar surface area (TPSA) is 58.4 Å². The highest BCUT2D eigenvalue weighted by molar-refractivity contribution is 7.97. The molecule has 0 saturated carbocycles. The smallest absolute Gasteiger partial charge is 0.352 e. The third kappa shape index (κ3) is 2.69. The van der Waals surface area contributed by atoms with Crippen LogP contribution < -0.4 is 0 Å². The standard InChI is InChI=1S/C15H17N3O2S/c1-10-14(7-13(15(19)20)17(10)2)21-18-6-4-11-8-16-5-3-12(11)9-18/h3,5,7-8H,4,6,9H2,1-2H3,(H,19,20). The Morgan fingerprint density at radius 2 is 2.24 bits per heavy atom. The Labute approximate surface area is 127 Å². The van der Waals surface area contributed by atoms with Gasteiger partial charge >= 0.3 is 5.97 Å². The lowest BCUT2D eigenvalue weighted by Crippen LogP contribution is -2.24. The lowest BCUT2D eigenvalue weighted by molar-refractivity contribution is 0.0686. The third-order valence-corrected chi connectivity index (χ3v) is 5.10. The van der Waals surface area contributed by atoms with E-state index in [4.69, 9.17) is 0 Å². The molecule has 0 aliphatic carbocycles. The fourth-order valence-corrected chi connectivity index (χ4v) is 3.63. The Kier molecular flexibility index (Phi) is 3.73. The van der Waals surface area contributed by atoms with Crippen molar-refractivity contribution in [2.45, 2.75) is 24.8 Å². The number of carboxylic acids is 1. The Morgan fingerprint density at radius 1 is 1.43 bits per heavy atom. The van der Waals surface area contributed by atoms with E-state index in [1.807, 2.05) is 19.3 Å². The van der Waals surface area contributed by atoms with Crippen molar-refractivity contribution in [3.63, 3.8) is 0 Å². The van der Waals surface area contributed by atoms with Crippen LogP contribution in [-0.4, -0.2) is 31.5 Å². The molecule has 2 aromatic rings. The number of aromatic nitrogens is 2. The first kappa shape index (κ1) is 14.2. The summed E-state index contributed by atoms with van der Waals surface area (Å²) >= 11 is 1.64. The second kappa shape index (κ2) is 5.54. The Bertz CT molecular complexity index is 696. The van der Waals surface area contributed by atoms with E-state index < -0.39 is 5.97 Å². The predicted octanol–water partition coefficient (Wildman–Crippen LogP) is 2.49. The van der Waals surface area contributed by atoms with Gasteiger partial charge in [-0.3, -0.25) is 4.98 Å². The first-order valence-corrected chi connectivity index (χ1v) is 7.58. The zero-order chi connectivity index (χ0) is 15.0. The lowest BCUT2D eigenvalue weighted by atomic mass is 10.0. The van der Waals surface area contributed by atoms with Crippen molar-refractivity contribution in [2.75, 3.05) is 6.54 Å². The summed E-state index contributed by atoms with van der Waals surface area (Å²) in [5.74, 6) is -0.887. The van der Waals surface area contributed by atoms with Crippen LogP contribution in [-0.2, 0) is 20.0 Å². The largest absolute Gasteiger partial charge is 0.477 e. The van der Waals surface area contributed by atoms with Gasteiger partial charge in [0.2, 0.25) is 0 Å². The predicted molar refractivity (Wildman–Crippen MR) is 81.3 cm³/mol. The number of carbonyl (C=O) groups is 1. The van der Waals surface area contributed by atoms with Crippen LogP contribution in [0.4, 0.5) is 0 Å². The van der Waals surface area contributed by atoms with Crippen molar-refractivity contribution in [2.24, 2.45) is 7.05 Å². The molecule has 2 aromatic heterocycles. The summed E-state index contributed by atoms with van der Waals surface area (Å²) in [6.07, 6.45) is 4.74. The van der Waals surface area contributed by atoms with Crippen molar-refractivity contribution in [3.05, 3.63) is 47.0 Å². The highest BCUT2D eigenvalue weighted by Crippen LogP contribution is 2.32. The fraction of sp³-hybridized carbons (Fsp3) is 0.333. The molecule has 0 atom stereocenters. The molecular weight excluding hydrogens is 286 g/mol. The maximum atomic E-state index is 11.2. The van der Waals surface area contributed by atoms with Gasteiger partial charge in [0.15, 0.2) is 0 Å². The number of rotatable bonds is 3. The number of pyridine rings is 1. The molecule has 0 spiro atoms. The molecule has 1 aliphatic heterocycles. The molecule has 0 fully saturated rings. The maximum Gasteiger partial charge on any atom is 0.352 e. The highest BCUT2D eigenvalue weighted by Gasteiger charge is 2.21. The number of aromatic carboxylic acids is 1. The molecule has 3 heterocycles. The normalized spacial score (nSPS) is 15.0. The van der Waals surface area contributed by atoms with Crippen molar-refractivity contribution in [3.8, 4) is 0 Å². The molecule has 1 N–H and O–H groups in total. The summed E-state index contributed by atoms with van der Waals surface area (Å²) in [5.41, 5.74) is 3.93. The Balaban J connectivity index is 1.80. The van der Waals surface area contributed by atoms with E-state index in [-0.39, 0.29) is 0 Å².